The van der Waals surface area contributed by atoms with Gasteiger partial charge in [-0.15, -0.1) is 11.6 Å². The number of carbonyl (C=O) groups is 1. The van der Waals surface area contributed by atoms with E-state index in [1.807, 2.05) is 27.7 Å². The molecule has 1 unspecified atom stereocenters. The molecule has 0 radical (unpaired) electrons. The second-order valence-corrected chi connectivity index (χ2v) is 6.46. The Morgan fingerprint density at radius 2 is 2.00 bits per heavy atom. The lowest BCUT2D eigenvalue weighted by atomic mass is 9.71. The number of alkyl halides is 4. The van der Waals surface area contributed by atoms with Crippen LogP contribution in [-0.4, -0.2) is 29.4 Å². The molecule has 0 saturated heterocycles. The van der Waals surface area contributed by atoms with Gasteiger partial charge in [0.1, 0.15) is 12.4 Å². The van der Waals surface area contributed by atoms with E-state index in [-0.39, 0.29) is 11.3 Å². The van der Waals surface area contributed by atoms with Crippen molar-refractivity contribution in [3.8, 4) is 0 Å². The summed E-state index contributed by atoms with van der Waals surface area (Å²) in [6, 6.07) is 0. The second kappa shape index (κ2) is 5.96. The highest BCUT2D eigenvalue weighted by Gasteiger charge is 2.39. The molecular formula is C14H21ClF3NO. The molecule has 0 aromatic rings. The maximum atomic E-state index is 12.7. The topological polar surface area (TPSA) is 20.3 Å². The Kier molecular flexibility index (Phi) is 5.17. The first-order valence-corrected chi connectivity index (χ1v) is 7.14. The zero-order valence-corrected chi connectivity index (χ0v) is 13.0. The molecule has 0 saturated carbocycles. The van der Waals surface area contributed by atoms with Crippen molar-refractivity contribution in [2.75, 3.05) is 12.4 Å². The third-order valence-electron chi connectivity index (χ3n) is 3.93. The van der Waals surface area contributed by atoms with Crippen molar-refractivity contribution in [1.82, 2.24) is 4.90 Å². The Hall–Kier alpha value is -0.710. The normalized spacial score (nSPS) is 22.9. The number of halogens is 4. The van der Waals surface area contributed by atoms with Crippen molar-refractivity contribution in [3.63, 3.8) is 0 Å². The monoisotopic (exact) mass is 311 g/mol. The average Bonchev–Trinajstić information content (AvgIpc) is 2.28. The molecule has 6 heteroatoms. The van der Waals surface area contributed by atoms with Crippen LogP contribution in [0.4, 0.5) is 13.2 Å². The average molecular weight is 312 g/mol. The highest BCUT2D eigenvalue weighted by molar-refractivity contribution is 6.27. The minimum Gasteiger partial charge on any atom is -0.306 e. The van der Waals surface area contributed by atoms with Crippen LogP contribution in [0.15, 0.2) is 11.3 Å². The molecule has 0 spiro atoms. The van der Waals surface area contributed by atoms with Gasteiger partial charge in [0.2, 0.25) is 5.91 Å². The summed E-state index contributed by atoms with van der Waals surface area (Å²) in [4.78, 5) is 12.6. The number of nitrogens with zero attached hydrogens (tertiary/aromatic N) is 1. The second-order valence-electron chi connectivity index (χ2n) is 6.20. The summed E-state index contributed by atoms with van der Waals surface area (Å²) in [6.45, 7) is 6.52. The van der Waals surface area contributed by atoms with E-state index in [2.05, 4.69) is 0 Å². The van der Waals surface area contributed by atoms with Crippen LogP contribution in [0.2, 0.25) is 0 Å². The fraction of sp³-hybridized carbons (Fsp3) is 0.786. The lowest BCUT2D eigenvalue weighted by Gasteiger charge is -2.40. The quantitative estimate of drug-likeness (QED) is 0.710. The van der Waals surface area contributed by atoms with E-state index in [1.54, 1.807) is 0 Å². The van der Waals surface area contributed by atoms with Gasteiger partial charge in [0.15, 0.2) is 0 Å². The summed E-state index contributed by atoms with van der Waals surface area (Å²) < 4.78 is 38.1. The molecule has 2 nitrogen and oxygen atoms in total. The molecule has 0 aliphatic heterocycles. The zero-order valence-electron chi connectivity index (χ0n) is 12.3. The minimum absolute atomic E-state index is 0.205. The molecule has 116 valence electrons. The van der Waals surface area contributed by atoms with Crippen LogP contribution in [0.25, 0.3) is 0 Å². The first kappa shape index (κ1) is 17.3. The first-order chi connectivity index (χ1) is 8.98. The van der Waals surface area contributed by atoms with Gasteiger partial charge in [-0.1, -0.05) is 20.8 Å². The Morgan fingerprint density at radius 1 is 1.45 bits per heavy atom. The van der Waals surface area contributed by atoms with Crippen LogP contribution in [-0.2, 0) is 4.79 Å². The van der Waals surface area contributed by atoms with Crippen molar-refractivity contribution < 1.29 is 18.0 Å². The Morgan fingerprint density at radius 3 is 2.45 bits per heavy atom. The maximum absolute atomic E-state index is 12.7. The van der Waals surface area contributed by atoms with E-state index >= 15 is 0 Å². The van der Waals surface area contributed by atoms with E-state index in [1.165, 1.54) is 0 Å². The molecule has 0 aromatic carbocycles. The Bertz CT molecular complexity index is 415. The van der Waals surface area contributed by atoms with Gasteiger partial charge in [-0.3, -0.25) is 4.79 Å². The van der Waals surface area contributed by atoms with E-state index in [9.17, 15) is 18.0 Å². The standard InChI is InChI=1S/C14H21ClF3NO/c1-9-5-11(10(2)13(3,4)6-9)19(12(20)7-15)8-14(16,17)18/h9H,5-8H2,1-4H3. The molecule has 1 aliphatic carbocycles. The summed E-state index contributed by atoms with van der Waals surface area (Å²) >= 11 is 5.47. The van der Waals surface area contributed by atoms with Gasteiger partial charge in [0.25, 0.3) is 0 Å². The van der Waals surface area contributed by atoms with E-state index in [4.69, 9.17) is 11.6 Å². The van der Waals surface area contributed by atoms with E-state index in [0.29, 0.717) is 12.1 Å². The predicted molar refractivity (Wildman–Crippen MR) is 73.4 cm³/mol. The first-order valence-electron chi connectivity index (χ1n) is 6.61. The predicted octanol–water partition coefficient (Wildman–Crippen LogP) is 4.35. The zero-order chi connectivity index (χ0) is 15.7. The maximum Gasteiger partial charge on any atom is 0.406 e. The van der Waals surface area contributed by atoms with Gasteiger partial charge in [-0.2, -0.15) is 13.2 Å². The summed E-state index contributed by atoms with van der Waals surface area (Å²) in [6.07, 6.45) is -3.05. The van der Waals surface area contributed by atoms with Crippen LogP contribution in [0.5, 0.6) is 0 Å². The highest BCUT2D eigenvalue weighted by atomic mass is 35.5. The number of rotatable bonds is 3. The molecule has 1 aliphatic rings. The largest absolute Gasteiger partial charge is 0.406 e. The van der Waals surface area contributed by atoms with Crippen molar-refractivity contribution >= 4 is 17.5 Å². The summed E-state index contributed by atoms with van der Waals surface area (Å²) in [5.74, 6) is -0.896. The third-order valence-corrected chi connectivity index (χ3v) is 4.16. The smallest absolute Gasteiger partial charge is 0.306 e. The van der Waals surface area contributed by atoms with Crippen molar-refractivity contribution in [3.05, 3.63) is 11.3 Å². The number of amides is 1. The van der Waals surface area contributed by atoms with Gasteiger partial charge < -0.3 is 4.90 Å². The van der Waals surface area contributed by atoms with Crippen molar-refractivity contribution in [1.29, 1.82) is 0 Å². The SMILES string of the molecule is CC1=C(N(CC(F)(F)F)C(=O)CCl)CC(C)CC1(C)C. The molecule has 1 atom stereocenters. The van der Waals surface area contributed by atoms with Crippen LogP contribution in [0, 0.1) is 11.3 Å². The van der Waals surface area contributed by atoms with Crippen molar-refractivity contribution in [2.45, 2.75) is 46.7 Å². The molecule has 20 heavy (non-hydrogen) atoms. The van der Waals surface area contributed by atoms with Crippen molar-refractivity contribution in [2.24, 2.45) is 11.3 Å². The van der Waals surface area contributed by atoms with E-state index in [0.717, 1.165) is 16.9 Å². The molecule has 1 amide bonds. The fourth-order valence-electron chi connectivity index (χ4n) is 2.87. The van der Waals surface area contributed by atoms with Gasteiger partial charge in [0, 0.05) is 5.70 Å². The number of hydrogen-bond donors (Lipinski definition) is 0. The third kappa shape index (κ3) is 4.14. The fourth-order valence-corrected chi connectivity index (χ4v) is 3.01. The molecule has 1 rings (SSSR count). The highest BCUT2D eigenvalue weighted by Crippen LogP contribution is 2.44. The van der Waals surface area contributed by atoms with Crippen LogP contribution >= 0.6 is 11.6 Å². The number of carbonyl (C=O) groups excluding carboxylic acids is 1. The van der Waals surface area contributed by atoms with Gasteiger partial charge >= 0.3 is 6.18 Å². The molecular weight excluding hydrogens is 291 g/mol. The number of allylic oxidation sites excluding steroid dienone is 2. The summed E-state index contributed by atoms with van der Waals surface area (Å²) in [5.41, 5.74) is 1.12. The molecule has 0 aromatic heterocycles. The lowest BCUT2D eigenvalue weighted by Crippen LogP contribution is -2.42. The van der Waals surface area contributed by atoms with E-state index < -0.39 is 24.5 Å². The summed E-state index contributed by atoms with van der Waals surface area (Å²) in [5, 5.41) is 0. The molecule has 0 heterocycles. The van der Waals surface area contributed by atoms with Crippen LogP contribution < -0.4 is 0 Å². The number of hydrogen-bond acceptors (Lipinski definition) is 1. The van der Waals surface area contributed by atoms with Crippen LogP contribution in [0.1, 0.15) is 40.5 Å². The van der Waals surface area contributed by atoms with Gasteiger partial charge in [0.05, 0.1) is 0 Å². The minimum atomic E-state index is -4.43. The lowest BCUT2D eigenvalue weighted by molar-refractivity contribution is -0.156. The summed E-state index contributed by atoms with van der Waals surface area (Å²) in [7, 11) is 0. The van der Waals surface area contributed by atoms with Gasteiger partial charge in [-0.25, -0.2) is 0 Å². The molecule has 0 bridgehead atoms. The molecule has 0 N–H and O–H groups in total. The Labute approximate surface area is 123 Å². The Balaban J connectivity index is 3.21. The molecule has 0 fully saturated rings. The van der Waals surface area contributed by atoms with Gasteiger partial charge in [-0.05, 0) is 36.7 Å². The van der Waals surface area contributed by atoms with Crippen LogP contribution in [0.3, 0.4) is 0 Å².